The smallest absolute Gasteiger partial charge is 0.311 e. The fourth-order valence-corrected chi connectivity index (χ4v) is 3.42. The third kappa shape index (κ3) is 4.80. The largest absolute Gasteiger partial charge is 0.466 e. The van der Waals surface area contributed by atoms with Crippen molar-refractivity contribution in [2.45, 2.75) is 32.7 Å². The predicted octanol–water partition coefficient (Wildman–Crippen LogP) is 2.15. The zero-order valence-electron chi connectivity index (χ0n) is 15.3. The Kier molecular flexibility index (Phi) is 6.15. The van der Waals surface area contributed by atoms with Crippen LogP contribution in [0.2, 0.25) is 0 Å². The minimum Gasteiger partial charge on any atom is -0.466 e. The van der Waals surface area contributed by atoms with Crippen LogP contribution in [0.1, 0.15) is 41.4 Å². The third-order valence-electron chi connectivity index (χ3n) is 4.11. The molecule has 1 fully saturated rings. The van der Waals surface area contributed by atoms with Gasteiger partial charge < -0.3 is 4.74 Å². The lowest BCUT2D eigenvalue weighted by molar-refractivity contribution is -0.142. The summed E-state index contributed by atoms with van der Waals surface area (Å²) in [6.07, 6.45) is 0.569. The van der Waals surface area contributed by atoms with E-state index in [4.69, 9.17) is 4.74 Å². The number of carbonyl (C=O) groups is 4. The topological polar surface area (TPSA) is 106 Å². The van der Waals surface area contributed by atoms with E-state index in [0.29, 0.717) is 23.0 Å². The zero-order valence-corrected chi connectivity index (χ0v) is 16.1. The molecule has 8 nitrogen and oxygen atoms in total. The first-order valence-electron chi connectivity index (χ1n) is 8.79. The summed E-state index contributed by atoms with van der Waals surface area (Å²) in [7, 11) is 0. The van der Waals surface area contributed by atoms with Crippen molar-refractivity contribution in [3.05, 3.63) is 46.5 Å². The molecular weight excluding hydrogens is 382 g/mol. The highest BCUT2D eigenvalue weighted by Crippen LogP contribution is 2.19. The quantitative estimate of drug-likeness (QED) is 0.563. The minimum atomic E-state index is -0.365. The number of ether oxygens (including phenoxy) is 1. The summed E-state index contributed by atoms with van der Waals surface area (Å²) in [6, 6.07) is 6.68. The summed E-state index contributed by atoms with van der Waals surface area (Å²) in [6.45, 7) is 2.25. The van der Waals surface area contributed by atoms with Crippen LogP contribution in [-0.4, -0.2) is 40.2 Å². The summed E-state index contributed by atoms with van der Waals surface area (Å²) in [5.74, 6) is -1.04. The number of carbonyl (C=O) groups excluding carboxylic acids is 4. The number of amides is 3. The van der Waals surface area contributed by atoms with Gasteiger partial charge in [0.1, 0.15) is 0 Å². The van der Waals surface area contributed by atoms with Gasteiger partial charge in [0, 0.05) is 23.8 Å². The normalized spacial score (nSPS) is 13.7. The molecule has 3 amide bonds. The van der Waals surface area contributed by atoms with Crippen LogP contribution in [0.3, 0.4) is 0 Å². The second-order valence-electron chi connectivity index (χ2n) is 6.15. The SMILES string of the molecule is CCOC(=O)Cc1csc(NC(=O)c2ccc(CN3C(=O)CCC3=O)cc2)n1. The van der Waals surface area contributed by atoms with Crippen LogP contribution in [0.5, 0.6) is 0 Å². The van der Waals surface area contributed by atoms with Crippen LogP contribution in [0, 0.1) is 0 Å². The number of rotatable bonds is 7. The molecule has 2 aromatic rings. The molecule has 9 heteroatoms. The van der Waals surface area contributed by atoms with Crippen LogP contribution in [0.15, 0.2) is 29.6 Å². The molecule has 2 heterocycles. The maximum atomic E-state index is 12.4. The summed E-state index contributed by atoms with van der Waals surface area (Å²) < 4.78 is 4.87. The first-order valence-corrected chi connectivity index (χ1v) is 9.67. The second kappa shape index (κ2) is 8.75. The zero-order chi connectivity index (χ0) is 20.1. The van der Waals surface area contributed by atoms with Gasteiger partial charge in [0.15, 0.2) is 5.13 Å². The van der Waals surface area contributed by atoms with Gasteiger partial charge in [-0.1, -0.05) is 12.1 Å². The first kappa shape index (κ1) is 19.7. The summed E-state index contributed by atoms with van der Waals surface area (Å²) in [4.78, 5) is 52.6. The van der Waals surface area contributed by atoms with E-state index in [0.717, 1.165) is 5.56 Å². The average Bonchev–Trinajstić information content (AvgIpc) is 3.23. The lowest BCUT2D eigenvalue weighted by Gasteiger charge is -2.13. The fourth-order valence-electron chi connectivity index (χ4n) is 2.72. The van der Waals surface area contributed by atoms with Crippen molar-refractivity contribution in [2.24, 2.45) is 0 Å². The Morgan fingerprint density at radius 3 is 2.50 bits per heavy atom. The number of hydrogen-bond acceptors (Lipinski definition) is 7. The van der Waals surface area contributed by atoms with E-state index in [-0.39, 0.29) is 49.5 Å². The third-order valence-corrected chi connectivity index (χ3v) is 4.92. The number of likely N-dealkylation sites (tertiary alicyclic amines) is 1. The van der Waals surface area contributed by atoms with Gasteiger partial charge in [-0.3, -0.25) is 29.4 Å². The van der Waals surface area contributed by atoms with Gasteiger partial charge in [-0.25, -0.2) is 4.98 Å². The fraction of sp³-hybridized carbons (Fsp3) is 0.316. The molecule has 1 aromatic carbocycles. The number of hydrogen-bond donors (Lipinski definition) is 1. The molecule has 1 saturated heterocycles. The van der Waals surface area contributed by atoms with Crippen LogP contribution in [0.4, 0.5) is 5.13 Å². The molecule has 1 N–H and O–H groups in total. The Hall–Kier alpha value is -3.07. The van der Waals surface area contributed by atoms with E-state index in [1.165, 1.54) is 16.2 Å². The maximum Gasteiger partial charge on any atom is 0.311 e. The average molecular weight is 401 g/mol. The van der Waals surface area contributed by atoms with Crippen LogP contribution in [0.25, 0.3) is 0 Å². The highest BCUT2D eigenvalue weighted by atomic mass is 32.1. The molecule has 28 heavy (non-hydrogen) atoms. The first-order chi connectivity index (χ1) is 13.5. The monoisotopic (exact) mass is 401 g/mol. The van der Waals surface area contributed by atoms with Crippen LogP contribution >= 0.6 is 11.3 Å². The van der Waals surface area contributed by atoms with Crippen LogP contribution in [-0.2, 0) is 32.1 Å². The highest BCUT2D eigenvalue weighted by Gasteiger charge is 2.28. The Labute approximate surface area is 165 Å². The number of nitrogens with zero attached hydrogens (tertiary/aromatic N) is 2. The summed E-state index contributed by atoms with van der Waals surface area (Å²) >= 11 is 1.23. The molecule has 1 aliphatic heterocycles. The molecule has 0 unspecified atom stereocenters. The van der Waals surface area contributed by atoms with Gasteiger partial charge in [0.2, 0.25) is 11.8 Å². The standard InChI is InChI=1S/C19H19N3O5S/c1-2-27-17(25)9-14-11-28-19(20-14)21-18(26)13-5-3-12(4-6-13)10-22-15(23)7-8-16(22)24/h3-6,11H,2,7-10H2,1H3,(H,20,21,26). The van der Waals surface area contributed by atoms with E-state index in [1.807, 2.05) is 0 Å². The molecule has 0 atom stereocenters. The highest BCUT2D eigenvalue weighted by molar-refractivity contribution is 7.14. The molecule has 1 aliphatic rings. The lowest BCUT2D eigenvalue weighted by atomic mass is 10.1. The number of thiazole rings is 1. The number of aromatic nitrogens is 1. The Balaban J connectivity index is 1.57. The van der Waals surface area contributed by atoms with Crippen LogP contribution < -0.4 is 5.32 Å². The molecular formula is C19H19N3O5S. The molecule has 0 aliphatic carbocycles. The molecule has 1 aromatic heterocycles. The van der Waals surface area contributed by atoms with Crippen molar-refractivity contribution in [1.82, 2.24) is 9.88 Å². The number of esters is 1. The molecule has 3 rings (SSSR count). The van der Waals surface area contributed by atoms with Gasteiger partial charge >= 0.3 is 5.97 Å². The minimum absolute atomic E-state index is 0.0584. The Bertz CT molecular complexity index is 891. The van der Waals surface area contributed by atoms with Crippen molar-refractivity contribution in [1.29, 1.82) is 0 Å². The number of nitrogens with one attached hydrogen (secondary N) is 1. The lowest BCUT2D eigenvalue weighted by Crippen LogP contribution is -2.28. The molecule has 146 valence electrons. The maximum absolute atomic E-state index is 12.4. The van der Waals surface area contributed by atoms with Gasteiger partial charge in [0.05, 0.1) is 25.3 Å². The Morgan fingerprint density at radius 2 is 1.86 bits per heavy atom. The van der Waals surface area contributed by atoms with Crippen molar-refractivity contribution in [3.63, 3.8) is 0 Å². The van der Waals surface area contributed by atoms with E-state index in [1.54, 1.807) is 36.6 Å². The molecule has 0 bridgehead atoms. The Morgan fingerprint density at radius 1 is 1.18 bits per heavy atom. The van der Waals surface area contributed by atoms with Crippen molar-refractivity contribution < 1.29 is 23.9 Å². The van der Waals surface area contributed by atoms with E-state index < -0.39 is 0 Å². The number of imide groups is 1. The van der Waals surface area contributed by atoms with Crippen molar-refractivity contribution in [3.8, 4) is 0 Å². The predicted molar refractivity (Wildman–Crippen MR) is 102 cm³/mol. The van der Waals surface area contributed by atoms with E-state index in [2.05, 4.69) is 10.3 Å². The van der Waals surface area contributed by atoms with Gasteiger partial charge in [-0.05, 0) is 24.6 Å². The number of benzene rings is 1. The summed E-state index contributed by atoms with van der Waals surface area (Å²) in [5.41, 5.74) is 1.73. The van der Waals surface area contributed by atoms with E-state index in [9.17, 15) is 19.2 Å². The van der Waals surface area contributed by atoms with Gasteiger partial charge in [-0.2, -0.15) is 0 Å². The van der Waals surface area contributed by atoms with Crippen molar-refractivity contribution >= 4 is 40.2 Å². The molecule has 0 radical (unpaired) electrons. The summed E-state index contributed by atoms with van der Waals surface area (Å²) in [5, 5.41) is 4.77. The second-order valence-corrected chi connectivity index (χ2v) is 7.01. The van der Waals surface area contributed by atoms with Gasteiger partial charge in [0.25, 0.3) is 5.91 Å². The van der Waals surface area contributed by atoms with E-state index >= 15 is 0 Å². The number of anilines is 1. The molecule has 0 saturated carbocycles. The van der Waals surface area contributed by atoms with Gasteiger partial charge in [-0.15, -0.1) is 11.3 Å². The molecule has 0 spiro atoms. The van der Waals surface area contributed by atoms with Crippen molar-refractivity contribution in [2.75, 3.05) is 11.9 Å².